The molecule has 22 heavy (non-hydrogen) atoms. The van der Waals surface area contributed by atoms with E-state index in [1.165, 1.54) is 0 Å². The van der Waals surface area contributed by atoms with E-state index in [4.69, 9.17) is 13.8 Å². The van der Waals surface area contributed by atoms with Crippen LogP contribution in [0.1, 0.15) is 54.5 Å². The number of rotatable bonds is 4. The van der Waals surface area contributed by atoms with E-state index >= 15 is 0 Å². The van der Waals surface area contributed by atoms with Crippen molar-refractivity contribution in [3.05, 3.63) is 28.7 Å². The lowest BCUT2D eigenvalue weighted by Gasteiger charge is -2.21. The third-order valence-electron chi connectivity index (χ3n) is 4.47. The van der Waals surface area contributed by atoms with Gasteiger partial charge >= 0.3 is 0 Å². The highest BCUT2D eigenvalue weighted by Crippen LogP contribution is 2.32. The number of hydrogen-bond acceptors (Lipinski definition) is 7. The van der Waals surface area contributed by atoms with Crippen LogP contribution in [0, 0.1) is 0 Å². The van der Waals surface area contributed by atoms with Gasteiger partial charge in [0.05, 0.1) is 19.3 Å². The van der Waals surface area contributed by atoms with Crippen LogP contribution in [0.2, 0.25) is 0 Å². The Morgan fingerprint density at radius 2 is 2.23 bits per heavy atom. The number of hydrogen-bond donors (Lipinski definition) is 0. The fourth-order valence-corrected chi connectivity index (χ4v) is 3.25. The van der Waals surface area contributed by atoms with Gasteiger partial charge in [-0.25, -0.2) is 0 Å². The van der Waals surface area contributed by atoms with Gasteiger partial charge in [0.1, 0.15) is 11.5 Å². The summed E-state index contributed by atoms with van der Waals surface area (Å²) in [5.74, 6) is 2.47. The Morgan fingerprint density at radius 1 is 1.27 bits per heavy atom. The van der Waals surface area contributed by atoms with Crippen LogP contribution in [0.25, 0.3) is 0 Å². The second-order valence-corrected chi connectivity index (χ2v) is 5.86. The summed E-state index contributed by atoms with van der Waals surface area (Å²) in [6.45, 7) is 5.11. The molecule has 2 aliphatic heterocycles. The molecule has 0 aromatic carbocycles. The normalized spacial score (nSPS) is 22.1. The minimum atomic E-state index is 0.209. The summed E-state index contributed by atoms with van der Waals surface area (Å²) >= 11 is 0. The first kappa shape index (κ1) is 13.9. The van der Waals surface area contributed by atoms with E-state index in [2.05, 4.69) is 20.2 Å². The molecule has 1 atom stereocenters. The number of nitrogens with zero attached hydrogens (tertiary/aromatic N) is 4. The summed E-state index contributed by atoms with van der Waals surface area (Å²) < 4.78 is 16.2. The maximum atomic E-state index is 5.53. The van der Waals surface area contributed by atoms with Gasteiger partial charge in [0.2, 0.25) is 5.89 Å². The number of aryl methyl sites for hydroxylation is 1. The Kier molecular flexibility index (Phi) is 3.67. The van der Waals surface area contributed by atoms with Gasteiger partial charge in [-0.15, -0.1) is 0 Å². The van der Waals surface area contributed by atoms with Crippen molar-refractivity contribution in [2.24, 2.45) is 0 Å². The zero-order valence-electron chi connectivity index (χ0n) is 12.7. The maximum absolute atomic E-state index is 5.53. The van der Waals surface area contributed by atoms with Crippen LogP contribution in [-0.4, -0.2) is 33.3 Å². The van der Waals surface area contributed by atoms with Crippen LogP contribution < -0.4 is 0 Å². The molecule has 0 bridgehead atoms. The smallest absolute Gasteiger partial charge is 0.226 e. The van der Waals surface area contributed by atoms with Crippen LogP contribution in [0.3, 0.4) is 0 Å². The Bertz CT molecular complexity index is 651. The van der Waals surface area contributed by atoms with Crippen molar-refractivity contribution in [1.29, 1.82) is 0 Å². The Morgan fingerprint density at radius 3 is 3.09 bits per heavy atom. The molecule has 4 rings (SSSR count). The van der Waals surface area contributed by atoms with Gasteiger partial charge in [-0.1, -0.05) is 17.2 Å². The second-order valence-electron chi connectivity index (χ2n) is 5.86. The van der Waals surface area contributed by atoms with E-state index in [9.17, 15) is 0 Å². The topological polar surface area (TPSA) is 77.4 Å². The fourth-order valence-electron chi connectivity index (χ4n) is 3.25. The molecule has 0 saturated carbocycles. The SMILES string of the molecule is CCc1nc(C2CCCN2Cc2noc3c2COCC3)no1. The highest BCUT2D eigenvalue weighted by atomic mass is 16.5. The van der Waals surface area contributed by atoms with Crippen LogP contribution in [-0.2, 0) is 30.7 Å². The molecule has 2 aliphatic rings. The highest BCUT2D eigenvalue weighted by molar-refractivity contribution is 5.24. The molecule has 0 amide bonds. The Balaban J connectivity index is 1.53. The minimum absolute atomic E-state index is 0.209. The van der Waals surface area contributed by atoms with Gasteiger partial charge in [-0.05, 0) is 19.4 Å². The van der Waals surface area contributed by atoms with Crippen molar-refractivity contribution in [2.75, 3.05) is 13.2 Å². The number of aromatic nitrogens is 3. The van der Waals surface area contributed by atoms with E-state index < -0.39 is 0 Å². The summed E-state index contributed by atoms with van der Waals surface area (Å²) in [5.41, 5.74) is 2.11. The van der Waals surface area contributed by atoms with Crippen molar-refractivity contribution >= 4 is 0 Å². The standard InChI is InChI=1S/C15H20N4O3/c1-2-14-16-15(18-22-14)12-4-3-6-19(12)8-11-10-9-20-7-5-13(10)21-17-11/h12H,2-9H2,1H3. The Labute approximate surface area is 128 Å². The molecule has 4 heterocycles. The van der Waals surface area contributed by atoms with Gasteiger partial charge in [0.15, 0.2) is 5.82 Å². The number of ether oxygens (including phenoxy) is 1. The van der Waals surface area contributed by atoms with Gasteiger partial charge in [-0.3, -0.25) is 4.90 Å². The van der Waals surface area contributed by atoms with Crippen molar-refractivity contribution in [2.45, 2.75) is 51.8 Å². The summed E-state index contributed by atoms with van der Waals surface area (Å²) in [6, 6.07) is 0.209. The van der Waals surface area contributed by atoms with Crippen LogP contribution in [0.5, 0.6) is 0 Å². The van der Waals surface area contributed by atoms with Crippen molar-refractivity contribution in [3.63, 3.8) is 0 Å². The van der Waals surface area contributed by atoms with Gasteiger partial charge < -0.3 is 13.8 Å². The van der Waals surface area contributed by atoms with Gasteiger partial charge in [0, 0.05) is 24.9 Å². The quantitative estimate of drug-likeness (QED) is 0.855. The lowest BCUT2D eigenvalue weighted by atomic mass is 10.1. The highest BCUT2D eigenvalue weighted by Gasteiger charge is 2.32. The monoisotopic (exact) mass is 304 g/mol. The molecule has 1 fully saturated rings. The predicted octanol–water partition coefficient (Wildman–Crippen LogP) is 2.03. The molecule has 2 aromatic heterocycles. The Hall–Kier alpha value is -1.73. The first-order valence-corrected chi connectivity index (χ1v) is 7.95. The molecule has 0 N–H and O–H groups in total. The largest absolute Gasteiger partial charge is 0.376 e. The average molecular weight is 304 g/mol. The minimum Gasteiger partial charge on any atom is -0.376 e. The molecule has 7 nitrogen and oxygen atoms in total. The molecule has 0 spiro atoms. The molecule has 118 valence electrons. The molecular weight excluding hydrogens is 284 g/mol. The zero-order chi connectivity index (χ0) is 14.9. The third kappa shape index (κ3) is 2.44. The summed E-state index contributed by atoms with van der Waals surface area (Å²) in [6.07, 6.45) is 3.78. The van der Waals surface area contributed by atoms with Gasteiger partial charge in [0.25, 0.3) is 0 Å². The van der Waals surface area contributed by atoms with Crippen LogP contribution in [0.4, 0.5) is 0 Å². The fraction of sp³-hybridized carbons (Fsp3) is 0.667. The van der Waals surface area contributed by atoms with Crippen LogP contribution in [0.15, 0.2) is 9.05 Å². The third-order valence-corrected chi connectivity index (χ3v) is 4.47. The molecule has 0 aliphatic carbocycles. The molecule has 0 radical (unpaired) electrons. The molecular formula is C15H20N4O3. The maximum Gasteiger partial charge on any atom is 0.226 e. The average Bonchev–Trinajstić information content (AvgIpc) is 3.27. The zero-order valence-corrected chi connectivity index (χ0v) is 12.7. The van der Waals surface area contributed by atoms with Crippen molar-refractivity contribution < 1.29 is 13.8 Å². The predicted molar refractivity (Wildman–Crippen MR) is 75.9 cm³/mol. The van der Waals surface area contributed by atoms with Gasteiger partial charge in [-0.2, -0.15) is 4.98 Å². The molecule has 1 unspecified atom stereocenters. The summed E-state index contributed by atoms with van der Waals surface area (Å²) in [5, 5.41) is 8.39. The second kappa shape index (κ2) is 5.81. The number of fused-ring (bicyclic) bond motifs is 1. The number of likely N-dealkylation sites (tertiary alicyclic amines) is 1. The van der Waals surface area contributed by atoms with E-state index in [-0.39, 0.29) is 6.04 Å². The van der Waals surface area contributed by atoms with Crippen molar-refractivity contribution in [1.82, 2.24) is 20.2 Å². The van der Waals surface area contributed by atoms with E-state index in [1.807, 2.05) is 6.92 Å². The molecule has 1 saturated heterocycles. The molecule has 2 aromatic rings. The van der Waals surface area contributed by atoms with Crippen LogP contribution >= 0.6 is 0 Å². The first-order chi connectivity index (χ1) is 10.8. The lowest BCUT2D eigenvalue weighted by Crippen LogP contribution is -2.24. The van der Waals surface area contributed by atoms with E-state index in [0.717, 1.165) is 68.2 Å². The lowest BCUT2D eigenvalue weighted by molar-refractivity contribution is 0.102. The molecule has 7 heteroatoms. The van der Waals surface area contributed by atoms with E-state index in [1.54, 1.807) is 0 Å². The van der Waals surface area contributed by atoms with E-state index in [0.29, 0.717) is 12.5 Å². The van der Waals surface area contributed by atoms with Crippen molar-refractivity contribution in [3.8, 4) is 0 Å². The summed E-state index contributed by atoms with van der Waals surface area (Å²) in [4.78, 5) is 6.85. The summed E-state index contributed by atoms with van der Waals surface area (Å²) in [7, 11) is 0. The first-order valence-electron chi connectivity index (χ1n) is 7.95.